The molecule has 11 aromatic carbocycles. The van der Waals surface area contributed by atoms with Gasteiger partial charge in [-0.25, -0.2) is 0 Å². The van der Waals surface area contributed by atoms with Gasteiger partial charge in [0.1, 0.15) is 44.0 Å². The lowest BCUT2D eigenvalue weighted by Gasteiger charge is -2.13. The molecule has 0 amide bonds. The minimum atomic E-state index is -5.18. The van der Waals surface area contributed by atoms with Crippen LogP contribution in [0.3, 0.4) is 0 Å². The highest BCUT2D eigenvalue weighted by Crippen LogP contribution is 2.48. The fraction of sp³-hybridized carbons (Fsp3) is 0.0794. The molecule has 0 atom stereocenters. The number of rotatable bonds is 17. The molecule has 0 aliphatic carbocycles. The largest absolute Gasteiger partial charge is 0.507 e. The van der Waals surface area contributed by atoms with Crippen molar-refractivity contribution < 1.29 is 103 Å². The molecule has 11 rings (SSSR count). The van der Waals surface area contributed by atoms with E-state index in [0.717, 1.165) is 29.8 Å². The Balaban J connectivity index is 0.00000146. The Kier molecular flexibility index (Phi) is 22.2. The number of hydrogen-bond donors (Lipinski definition) is 10. The van der Waals surface area contributed by atoms with Gasteiger partial charge in [-0.1, -0.05) is 29.8 Å². The first-order chi connectivity index (χ1) is 48.3. The van der Waals surface area contributed by atoms with Gasteiger partial charge in [-0.3, -0.25) is 18.2 Å². The smallest absolute Gasteiger partial charge is 0.425 e. The number of aliphatic hydroxyl groups is 1. The Morgan fingerprint density at radius 1 is 0.369 bits per heavy atom. The first-order valence-electron chi connectivity index (χ1n) is 28.7. The van der Waals surface area contributed by atoms with Crippen molar-refractivity contribution in [3.05, 3.63) is 179 Å². The van der Waals surface area contributed by atoms with Crippen LogP contribution in [0.25, 0.3) is 43.1 Å². The first-order valence-corrected chi connectivity index (χ1v) is 36.4. The number of benzene rings is 11. The lowest BCUT2D eigenvalue weighted by atomic mass is 10.0. The van der Waals surface area contributed by atoms with Gasteiger partial charge in [0.25, 0.3) is 40.5 Å². The molecule has 0 aromatic heterocycles. The second-order valence-corrected chi connectivity index (χ2v) is 28.4. The number of fused-ring (bicyclic) bond motifs is 4. The molecule has 0 fully saturated rings. The van der Waals surface area contributed by atoms with E-state index in [-0.39, 0.29) is 95.1 Å². The molecule has 0 saturated heterocycles. The summed E-state index contributed by atoms with van der Waals surface area (Å²) < 4.78 is 189. The van der Waals surface area contributed by atoms with Gasteiger partial charge in [0.05, 0.1) is 55.9 Å². The van der Waals surface area contributed by atoms with Crippen molar-refractivity contribution in [3.63, 3.8) is 0 Å². The number of nitrogens with zero attached hydrogens (tertiary/aromatic N) is 10. The Morgan fingerprint density at radius 2 is 0.854 bits per heavy atom. The maximum absolute atomic E-state index is 13.0. The average molecular weight is 1520 g/mol. The normalized spacial score (nSPS) is 12.3. The monoisotopic (exact) mass is 1520 g/mol. The summed E-state index contributed by atoms with van der Waals surface area (Å²) in [6.45, 7) is 5.96. The van der Waals surface area contributed by atoms with Gasteiger partial charge < -0.3 is 30.8 Å². The van der Waals surface area contributed by atoms with Crippen molar-refractivity contribution in [1.82, 2.24) is 0 Å². The first kappa shape index (κ1) is 75.5. The molecule has 0 unspecified atom stereocenters. The third-order valence-electron chi connectivity index (χ3n) is 14.8. The molecule has 530 valence electrons. The molecule has 11 aromatic rings. The number of phenols is 4. The van der Waals surface area contributed by atoms with Crippen molar-refractivity contribution in [1.29, 1.82) is 0 Å². The second-order valence-electron chi connectivity index (χ2n) is 21.9. The van der Waals surface area contributed by atoms with E-state index >= 15 is 0 Å². The lowest BCUT2D eigenvalue weighted by molar-refractivity contribution is 0.282. The van der Waals surface area contributed by atoms with Crippen LogP contribution in [0.1, 0.15) is 27.8 Å². The molecular weight excluding hydrogens is 1470 g/mol. The van der Waals surface area contributed by atoms with Crippen LogP contribution in [0, 0.1) is 27.7 Å². The highest BCUT2D eigenvalue weighted by atomic mass is 32.2. The van der Waals surface area contributed by atoms with E-state index in [2.05, 4.69) is 56.5 Å². The van der Waals surface area contributed by atoms with Gasteiger partial charge in [-0.2, -0.15) is 49.0 Å². The predicted molar refractivity (Wildman–Crippen MR) is 369 cm³/mol. The summed E-state index contributed by atoms with van der Waals surface area (Å²) in [5, 5.41) is 102. The summed E-state index contributed by atoms with van der Waals surface area (Å²) in [6, 6.07) is 35.7. The number of aliphatic hydroxyl groups excluding tert-OH is 1. The van der Waals surface area contributed by atoms with Gasteiger partial charge >= 0.3 is 21.2 Å². The van der Waals surface area contributed by atoms with Crippen LogP contribution in [-0.2, 0) is 68.3 Å². The summed E-state index contributed by atoms with van der Waals surface area (Å²) >= 11 is 0. The Labute approximate surface area is 584 Å². The summed E-state index contributed by atoms with van der Waals surface area (Å²) in [4.78, 5) is -2.88. The van der Waals surface area contributed by atoms with Crippen LogP contribution in [0.2, 0.25) is 0 Å². The number of nitrogens with one attached hydrogen (secondary N) is 1. The van der Waals surface area contributed by atoms with Crippen molar-refractivity contribution in [3.8, 4) is 23.0 Å². The van der Waals surface area contributed by atoms with Crippen molar-refractivity contribution in [2.45, 2.75) is 53.9 Å². The summed E-state index contributed by atoms with van der Waals surface area (Å²) in [5.41, 5.74) is 2.90. The zero-order valence-electron chi connectivity index (χ0n) is 52.8. The number of phenolic OH excluding ortho intramolecular Hbond substituents is 4. The number of hydrogen-bond acceptors (Lipinski definition) is 30. The molecule has 0 heterocycles. The van der Waals surface area contributed by atoms with Crippen molar-refractivity contribution in [2.75, 3.05) is 5.32 Å². The fourth-order valence-electron chi connectivity index (χ4n) is 10.2. The average Bonchev–Trinajstić information content (AvgIpc) is 0.777. The van der Waals surface area contributed by atoms with Crippen LogP contribution >= 0.6 is 0 Å². The zero-order valence-corrected chi connectivity index (χ0v) is 57.7. The molecule has 0 bridgehead atoms. The van der Waals surface area contributed by atoms with Crippen LogP contribution in [0.4, 0.5) is 68.2 Å². The Bertz CT molecular complexity index is 6220. The summed E-state index contributed by atoms with van der Waals surface area (Å²) in [6.07, 6.45) is 0. The SMILES string of the molecule is Cc1ccc(Nc2ccc3c(O)c(N=Nc4ccc5c(O)c(N=Nc6c(C)cc(C)cc6S(=O)(=O)O)ccc5c4)ccc3c2N=Nc2ccc3c(O)c(N=Nc4cc(C)c(N=Nc5cc(S(=O)(=O)O)cc6cc(S(=O)(=O)O)cc(O)c56)cc4CO)c(S(=O)(=O)O)cc3c2)cc1.O=S(=O)=O.O=S(=O)=O. The second kappa shape index (κ2) is 30.2. The van der Waals surface area contributed by atoms with E-state index < -0.39 is 105 Å². The maximum Gasteiger partial charge on any atom is 0.425 e. The lowest BCUT2D eigenvalue weighted by Crippen LogP contribution is -2.00. The standard InChI is InChI=1S/C63H49N11O17S4.2O3S/c1-31-5-8-39(9-6-31)64-48-17-15-47-46(14-18-50(62(47)78)67-65-40-10-12-44-35(22-40)7-16-49(61(44)77)68-72-58-34(4)19-32(2)20-55(58)94(86,87)88)59(48)73-66-41-11-13-45-36(23-41)27-56(95(89,90)91)60(63(45)79)74-70-52-21-33(3)51(26-38(52)30-75)69-71-53-28-42(92(80,81)82)24-37-25-43(93(83,84)85)29-54(76)57(37)53;2*1-4(2)3/h5-29,64,75-79H,30H2,1-4H3,(H,80,81,82)(H,83,84,85)(H,86,87,88)(H,89,90,91);;. The summed E-state index contributed by atoms with van der Waals surface area (Å²) in [5.74, 6) is -2.05. The Morgan fingerprint density at radius 3 is 1.46 bits per heavy atom. The maximum atomic E-state index is 13.0. The van der Waals surface area contributed by atoms with Crippen molar-refractivity contribution in [2.24, 2.45) is 51.1 Å². The molecule has 0 radical (unpaired) electrons. The predicted octanol–water partition coefficient (Wildman–Crippen LogP) is 14.6. The highest BCUT2D eigenvalue weighted by Gasteiger charge is 2.25. The number of aryl methyl sites for hydroxylation is 4. The highest BCUT2D eigenvalue weighted by molar-refractivity contribution is 7.86. The minimum Gasteiger partial charge on any atom is -0.507 e. The van der Waals surface area contributed by atoms with Crippen molar-refractivity contribution >= 4 is 173 Å². The molecule has 10 N–H and O–H groups in total. The summed E-state index contributed by atoms with van der Waals surface area (Å²) in [7, 11) is -25.9. The molecule has 40 heteroatoms. The topological polar surface area (TPSA) is 557 Å². The van der Waals surface area contributed by atoms with Gasteiger partial charge in [0, 0.05) is 38.9 Å². The van der Waals surface area contributed by atoms with Crippen LogP contribution in [0.15, 0.2) is 222 Å². The molecule has 34 nitrogen and oxygen atoms in total. The number of anilines is 2. The van der Waals surface area contributed by atoms with Gasteiger partial charge in [0.2, 0.25) is 0 Å². The molecular formula is C63H49N11O23S6. The van der Waals surface area contributed by atoms with E-state index in [1.54, 1.807) is 62.4 Å². The van der Waals surface area contributed by atoms with Gasteiger partial charge in [0.15, 0.2) is 17.2 Å². The molecule has 0 saturated carbocycles. The van der Waals surface area contributed by atoms with E-state index in [1.807, 2.05) is 31.2 Å². The number of azo groups is 5. The third kappa shape index (κ3) is 17.9. The minimum absolute atomic E-state index is 0.00201. The van der Waals surface area contributed by atoms with E-state index in [0.29, 0.717) is 50.4 Å². The van der Waals surface area contributed by atoms with Crippen LogP contribution in [-0.4, -0.2) is 103 Å². The van der Waals surface area contributed by atoms with Gasteiger partial charge in [-0.15, -0.1) is 61.1 Å². The molecule has 0 aliphatic heterocycles. The van der Waals surface area contributed by atoms with Gasteiger partial charge in [-0.05, 0) is 182 Å². The van der Waals surface area contributed by atoms with Crippen LogP contribution in [0.5, 0.6) is 23.0 Å². The van der Waals surface area contributed by atoms with E-state index in [9.17, 15) is 77.4 Å². The Hall–Kier alpha value is -11.7. The van der Waals surface area contributed by atoms with E-state index in [4.69, 9.17) is 25.3 Å². The quantitative estimate of drug-likeness (QED) is 0.0299. The van der Waals surface area contributed by atoms with Crippen LogP contribution < -0.4 is 5.32 Å². The fourth-order valence-corrected chi connectivity index (χ4v) is 12.7. The number of aromatic hydroxyl groups is 4. The van der Waals surface area contributed by atoms with E-state index in [1.165, 1.54) is 55.5 Å². The molecule has 0 spiro atoms. The molecule has 0 aliphatic rings. The zero-order chi connectivity index (χ0) is 75.4. The molecule has 103 heavy (non-hydrogen) atoms. The third-order valence-corrected chi connectivity index (χ3v) is 18.2.